The van der Waals surface area contributed by atoms with Gasteiger partial charge in [-0.1, -0.05) is 17.9 Å². The van der Waals surface area contributed by atoms with Gasteiger partial charge in [0.1, 0.15) is 6.10 Å². The van der Waals surface area contributed by atoms with Crippen LogP contribution in [0.2, 0.25) is 0 Å². The van der Waals surface area contributed by atoms with Gasteiger partial charge >= 0.3 is 0 Å². The van der Waals surface area contributed by atoms with Crippen LogP contribution in [0.3, 0.4) is 0 Å². The summed E-state index contributed by atoms with van der Waals surface area (Å²) >= 11 is 0. The minimum atomic E-state index is 0. The van der Waals surface area contributed by atoms with Crippen LogP contribution in [0.1, 0.15) is 27.1 Å². The first kappa shape index (κ1) is 10.5. The quantitative estimate of drug-likeness (QED) is 0.224. The molecule has 1 rings (SSSR count). The summed E-state index contributed by atoms with van der Waals surface area (Å²) in [7, 11) is 0. The highest BCUT2D eigenvalue weighted by molar-refractivity contribution is 5.44. The van der Waals surface area contributed by atoms with E-state index in [-0.39, 0.29) is 7.53 Å². The van der Waals surface area contributed by atoms with Crippen molar-refractivity contribution >= 4 is 6.40 Å². The zero-order valence-corrected chi connectivity index (χ0v) is 7.54. The molecule has 1 N–H and O–H groups in total. The Morgan fingerprint density at radius 3 is 2.71 bits per heavy atom. The first-order valence-corrected chi connectivity index (χ1v) is 4.24. The summed E-state index contributed by atoms with van der Waals surface area (Å²) < 4.78 is 0. The zero-order chi connectivity index (χ0) is 10.1. The van der Waals surface area contributed by atoms with Gasteiger partial charge < -0.3 is 10.7 Å². The van der Waals surface area contributed by atoms with Gasteiger partial charge in [-0.25, -0.2) is 5.22 Å². The van der Waals surface area contributed by atoms with Crippen molar-refractivity contribution in [2.45, 2.75) is 31.8 Å². The lowest BCUT2D eigenvalue weighted by Crippen LogP contribution is -2.06. The molecule has 0 atom stereocenters. The Hall–Kier alpha value is -1.57. The lowest BCUT2D eigenvalue weighted by molar-refractivity contribution is -0.251. The molecule has 0 bridgehead atoms. The van der Waals surface area contributed by atoms with E-state index < -0.39 is 0 Å². The van der Waals surface area contributed by atoms with Crippen LogP contribution in [0.15, 0.2) is 26.0 Å². The minimum absolute atomic E-state index is 0. The van der Waals surface area contributed by atoms with Gasteiger partial charge in [-0.05, 0) is 18.1 Å². The molecule has 0 saturated heterocycles. The molecule has 1 fully saturated rings. The lowest BCUT2D eigenvalue weighted by atomic mass is 10.3. The second-order valence-corrected chi connectivity index (χ2v) is 2.69. The van der Waals surface area contributed by atoms with Crippen LogP contribution in [0.25, 0.3) is 5.84 Å². The van der Waals surface area contributed by atoms with E-state index in [2.05, 4.69) is 30.9 Å². The van der Waals surface area contributed by atoms with E-state index >= 15 is 0 Å². The summed E-state index contributed by atoms with van der Waals surface area (Å²) in [5.41, 5.74) is 0. The van der Waals surface area contributed by atoms with Crippen molar-refractivity contribution in [3.05, 3.63) is 5.84 Å². The van der Waals surface area contributed by atoms with Crippen LogP contribution >= 0.6 is 0 Å². The largest absolute Gasteiger partial charge is 0.397 e. The van der Waals surface area contributed by atoms with Crippen molar-refractivity contribution in [3.8, 4) is 0 Å². The molecule has 0 unspecified atom stereocenters. The molecule has 14 heavy (non-hydrogen) atoms. The molecule has 0 aliphatic heterocycles. The van der Waals surface area contributed by atoms with Crippen molar-refractivity contribution < 1.29 is 11.2 Å². The topological polar surface area (TPSA) is 104 Å². The SMILES string of the molecule is [HH].[NH-]/N=N/N=N/N=C/OOC1CCCC1. The second-order valence-electron chi connectivity index (χ2n) is 2.69. The molecule has 0 amide bonds. The third-order valence-electron chi connectivity index (χ3n) is 1.76. The number of hydrogen-bond acceptors (Lipinski definition) is 4. The van der Waals surface area contributed by atoms with Crippen LogP contribution in [0, 0.1) is 0 Å². The normalized spacial score (nSPS) is 19.1. The fourth-order valence-electron chi connectivity index (χ4n) is 1.19. The van der Waals surface area contributed by atoms with Gasteiger partial charge in [-0.2, -0.15) is 4.89 Å². The maximum Gasteiger partial charge on any atom is 0.241 e. The van der Waals surface area contributed by atoms with Crippen molar-refractivity contribution in [1.29, 1.82) is 0 Å². The van der Waals surface area contributed by atoms with E-state index in [9.17, 15) is 0 Å². The second kappa shape index (κ2) is 6.89. The molecule has 0 aromatic heterocycles. The van der Waals surface area contributed by atoms with E-state index in [1.165, 1.54) is 12.8 Å². The molecule has 1 aliphatic rings. The predicted molar refractivity (Wildman–Crippen MR) is 49.1 cm³/mol. The minimum Gasteiger partial charge on any atom is -0.397 e. The maximum absolute atomic E-state index is 6.23. The van der Waals surface area contributed by atoms with E-state index in [1.807, 2.05) is 0 Å². The number of nitrogens with one attached hydrogen (secondary N) is 1. The van der Waals surface area contributed by atoms with Gasteiger partial charge in [0.05, 0.1) is 0 Å². The standard InChI is InChI=1S/C6H11N6O2.H2/c7-9-11-12-10-8-5-13-14-6-3-1-2-4-6;/h5-6H,1-4H2,(H-,7,10,11);1H/q-1;/b8-5+;. The Bertz CT molecular complexity index is 228. The molecular formula is C6H13N6O2-. The summed E-state index contributed by atoms with van der Waals surface area (Å²) in [5.74, 6) is 6.23. The van der Waals surface area contributed by atoms with Crippen LogP contribution in [-0.2, 0) is 9.78 Å². The molecular weight excluding hydrogens is 188 g/mol. The Kier molecular flexibility index (Phi) is 5.18. The van der Waals surface area contributed by atoms with Crippen LogP contribution < -0.4 is 0 Å². The van der Waals surface area contributed by atoms with Crippen LogP contribution in [0.5, 0.6) is 0 Å². The fraction of sp³-hybridized carbons (Fsp3) is 0.833. The predicted octanol–water partition coefficient (Wildman–Crippen LogP) is 2.85. The number of nitrogens with zero attached hydrogens (tertiary/aromatic N) is 5. The number of rotatable bonds is 5. The average molecular weight is 201 g/mol. The van der Waals surface area contributed by atoms with E-state index in [0.29, 0.717) is 0 Å². The third-order valence-corrected chi connectivity index (χ3v) is 1.76. The Labute approximate surface area is 82.2 Å². The van der Waals surface area contributed by atoms with Crippen molar-refractivity contribution in [2.75, 3.05) is 0 Å². The molecule has 8 nitrogen and oxygen atoms in total. The molecule has 1 aliphatic carbocycles. The first-order chi connectivity index (χ1) is 6.93. The van der Waals surface area contributed by atoms with Crippen LogP contribution in [-0.4, -0.2) is 12.5 Å². The van der Waals surface area contributed by atoms with Gasteiger partial charge in [0.15, 0.2) is 0 Å². The summed E-state index contributed by atoms with van der Waals surface area (Å²) in [4.78, 5) is 9.60. The monoisotopic (exact) mass is 201 g/mol. The number of hydrogen-bond donors (Lipinski definition) is 0. The average Bonchev–Trinajstić information content (AvgIpc) is 2.69. The van der Waals surface area contributed by atoms with Crippen molar-refractivity contribution in [1.82, 2.24) is 0 Å². The van der Waals surface area contributed by atoms with Crippen molar-refractivity contribution in [3.63, 3.8) is 0 Å². The van der Waals surface area contributed by atoms with Gasteiger partial charge in [0, 0.05) is 1.43 Å². The van der Waals surface area contributed by atoms with E-state index in [0.717, 1.165) is 19.2 Å². The Morgan fingerprint density at radius 1 is 1.21 bits per heavy atom. The third kappa shape index (κ3) is 4.45. The Balaban J connectivity index is 0.00000196. The summed E-state index contributed by atoms with van der Waals surface area (Å²) in [5, 5.41) is 14.9. The zero-order valence-electron chi connectivity index (χ0n) is 7.54. The molecule has 0 spiro atoms. The maximum atomic E-state index is 6.23. The summed E-state index contributed by atoms with van der Waals surface area (Å²) in [6, 6.07) is 0. The fourth-order valence-corrected chi connectivity index (χ4v) is 1.19. The van der Waals surface area contributed by atoms with Gasteiger partial charge in [0.25, 0.3) is 0 Å². The Morgan fingerprint density at radius 2 is 2.00 bits per heavy atom. The van der Waals surface area contributed by atoms with Gasteiger partial charge in [-0.3, -0.25) is 5.22 Å². The van der Waals surface area contributed by atoms with Gasteiger partial charge in [-0.15, -0.1) is 5.22 Å². The van der Waals surface area contributed by atoms with Crippen LogP contribution in [0.4, 0.5) is 0 Å². The van der Waals surface area contributed by atoms with E-state index in [1.54, 1.807) is 0 Å². The molecule has 8 heteroatoms. The first-order valence-electron chi connectivity index (χ1n) is 4.24. The smallest absolute Gasteiger partial charge is 0.241 e. The lowest BCUT2D eigenvalue weighted by Gasteiger charge is -2.05. The molecule has 0 aromatic rings. The molecule has 1 saturated carbocycles. The van der Waals surface area contributed by atoms with Crippen molar-refractivity contribution in [2.24, 2.45) is 26.0 Å². The van der Waals surface area contributed by atoms with E-state index in [4.69, 9.17) is 10.7 Å². The van der Waals surface area contributed by atoms with Gasteiger partial charge in [0.2, 0.25) is 6.40 Å². The molecule has 80 valence electrons. The summed E-state index contributed by atoms with van der Waals surface area (Å²) in [6.45, 7) is 0. The summed E-state index contributed by atoms with van der Waals surface area (Å²) in [6.07, 6.45) is 5.56. The molecule has 0 radical (unpaired) electrons. The highest BCUT2D eigenvalue weighted by Gasteiger charge is 2.16. The highest BCUT2D eigenvalue weighted by Crippen LogP contribution is 2.20. The molecule has 0 heterocycles. The highest BCUT2D eigenvalue weighted by atomic mass is 17.2. The molecule has 0 aromatic carbocycles.